The molecule has 0 bridgehead atoms. The third-order valence-electron chi connectivity index (χ3n) is 2.71. The van der Waals surface area contributed by atoms with Gasteiger partial charge in [0.2, 0.25) is 0 Å². The van der Waals surface area contributed by atoms with Crippen LogP contribution in [0.2, 0.25) is 0 Å². The lowest BCUT2D eigenvalue weighted by Gasteiger charge is -2.21. The second-order valence-electron chi connectivity index (χ2n) is 3.56. The van der Waals surface area contributed by atoms with Crippen molar-refractivity contribution in [2.75, 3.05) is 7.11 Å². The number of methoxy groups -OCH3 is 1. The molecule has 0 aliphatic carbocycles. The lowest BCUT2D eigenvalue weighted by atomic mass is 9.98. The Bertz CT molecular complexity index is 375. The monoisotopic (exact) mass is 211 g/mol. The first-order chi connectivity index (χ1) is 7.26. The summed E-state index contributed by atoms with van der Waals surface area (Å²) in [6, 6.07) is 0. The van der Waals surface area contributed by atoms with E-state index in [9.17, 15) is 4.79 Å². The molecule has 6 nitrogen and oxygen atoms in total. The van der Waals surface area contributed by atoms with Crippen molar-refractivity contribution in [3.05, 3.63) is 11.6 Å². The number of carbonyl (C=O) groups excluding carboxylic acids is 1. The Labute approximate surface area is 86.9 Å². The van der Waals surface area contributed by atoms with Gasteiger partial charge in [-0.25, -0.2) is 0 Å². The molecule has 1 N–H and O–H groups in total. The molecule has 1 aliphatic rings. The first-order valence-electron chi connectivity index (χ1n) is 4.86. The number of fused-ring (bicyclic) bond motifs is 1. The lowest BCUT2D eigenvalue weighted by Crippen LogP contribution is -2.27. The largest absolute Gasteiger partial charge is 0.469 e. The van der Waals surface area contributed by atoms with E-state index in [-0.39, 0.29) is 18.5 Å². The van der Waals surface area contributed by atoms with E-state index in [4.69, 9.17) is 9.84 Å². The molecule has 82 valence electrons. The van der Waals surface area contributed by atoms with Gasteiger partial charge in [-0.2, -0.15) is 0 Å². The summed E-state index contributed by atoms with van der Waals surface area (Å²) in [5.41, 5.74) is 0. The van der Waals surface area contributed by atoms with E-state index < -0.39 is 0 Å². The van der Waals surface area contributed by atoms with Crippen LogP contribution in [0.1, 0.15) is 18.1 Å². The fourth-order valence-electron chi connectivity index (χ4n) is 1.87. The minimum absolute atomic E-state index is 0.115. The van der Waals surface area contributed by atoms with Gasteiger partial charge in [-0.15, -0.1) is 10.2 Å². The van der Waals surface area contributed by atoms with Gasteiger partial charge in [-0.05, 0) is 6.42 Å². The van der Waals surface area contributed by atoms with Crippen LogP contribution in [0.15, 0.2) is 0 Å². The van der Waals surface area contributed by atoms with Gasteiger partial charge >= 0.3 is 5.97 Å². The van der Waals surface area contributed by atoms with Crippen LogP contribution in [0, 0.1) is 5.92 Å². The molecule has 6 heteroatoms. The van der Waals surface area contributed by atoms with Crippen LogP contribution in [0.4, 0.5) is 0 Å². The Hall–Kier alpha value is -1.43. The minimum atomic E-state index is -0.199. The van der Waals surface area contributed by atoms with Gasteiger partial charge in [0.25, 0.3) is 0 Å². The van der Waals surface area contributed by atoms with Gasteiger partial charge in [-0.3, -0.25) is 4.79 Å². The van der Waals surface area contributed by atoms with Crippen molar-refractivity contribution in [2.24, 2.45) is 5.92 Å². The van der Waals surface area contributed by atoms with Crippen LogP contribution in [-0.2, 0) is 29.1 Å². The number of ether oxygens (including phenoxy) is 1. The van der Waals surface area contributed by atoms with Gasteiger partial charge < -0.3 is 14.4 Å². The fraction of sp³-hybridized carbons (Fsp3) is 0.667. The van der Waals surface area contributed by atoms with Crippen LogP contribution in [-0.4, -0.2) is 33.0 Å². The van der Waals surface area contributed by atoms with Crippen molar-refractivity contribution in [1.29, 1.82) is 0 Å². The van der Waals surface area contributed by atoms with E-state index in [2.05, 4.69) is 10.2 Å². The average Bonchev–Trinajstić information content (AvgIpc) is 2.69. The fourth-order valence-corrected chi connectivity index (χ4v) is 1.87. The van der Waals surface area contributed by atoms with Crippen molar-refractivity contribution in [2.45, 2.75) is 26.0 Å². The van der Waals surface area contributed by atoms with E-state index in [0.29, 0.717) is 25.2 Å². The van der Waals surface area contributed by atoms with Crippen molar-refractivity contribution in [3.63, 3.8) is 0 Å². The molecule has 1 aliphatic heterocycles. The quantitative estimate of drug-likeness (QED) is 0.668. The SMILES string of the molecule is COC(=O)C1CCn2c(CO)nnc2C1. The summed E-state index contributed by atoms with van der Waals surface area (Å²) in [5.74, 6) is 0.988. The molecule has 0 saturated heterocycles. The molecule has 1 aromatic rings. The van der Waals surface area contributed by atoms with Crippen LogP contribution in [0.5, 0.6) is 0 Å². The van der Waals surface area contributed by atoms with E-state index in [1.807, 2.05) is 4.57 Å². The summed E-state index contributed by atoms with van der Waals surface area (Å²) in [6.07, 6.45) is 1.25. The van der Waals surface area contributed by atoms with E-state index in [1.54, 1.807) is 0 Å². The number of nitrogens with zero attached hydrogens (tertiary/aromatic N) is 3. The van der Waals surface area contributed by atoms with Crippen molar-refractivity contribution >= 4 is 5.97 Å². The Morgan fingerprint density at radius 3 is 3.13 bits per heavy atom. The normalized spacial score (nSPS) is 19.7. The zero-order valence-electron chi connectivity index (χ0n) is 8.51. The summed E-state index contributed by atoms with van der Waals surface area (Å²) < 4.78 is 6.55. The summed E-state index contributed by atoms with van der Waals surface area (Å²) in [6.45, 7) is 0.549. The molecule has 1 unspecified atom stereocenters. The highest BCUT2D eigenvalue weighted by Crippen LogP contribution is 2.21. The Morgan fingerprint density at radius 1 is 1.67 bits per heavy atom. The Balaban J connectivity index is 2.17. The number of hydrogen-bond acceptors (Lipinski definition) is 5. The van der Waals surface area contributed by atoms with E-state index in [0.717, 1.165) is 5.82 Å². The van der Waals surface area contributed by atoms with Gasteiger partial charge in [0.05, 0.1) is 13.0 Å². The van der Waals surface area contributed by atoms with Crippen LogP contribution >= 0.6 is 0 Å². The van der Waals surface area contributed by atoms with Gasteiger partial charge in [-0.1, -0.05) is 0 Å². The molecule has 0 amide bonds. The average molecular weight is 211 g/mol. The Morgan fingerprint density at radius 2 is 2.47 bits per heavy atom. The molecular formula is C9H13N3O3. The number of rotatable bonds is 2. The maximum absolute atomic E-state index is 11.3. The predicted octanol–water partition coefficient (Wildman–Crippen LogP) is -0.494. The van der Waals surface area contributed by atoms with Crippen LogP contribution in [0.3, 0.4) is 0 Å². The first kappa shape index (κ1) is 10.1. The summed E-state index contributed by atoms with van der Waals surface area (Å²) >= 11 is 0. The smallest absolute Gasteiger partial charge is 0.309 e. The maximum Gasteiger partial charge on any atom is 0.309 e. The second-order valence-corrected chi connectivity index (χ2v) is 3.56. The molecule has 15 heavy (non-hydrogen) atoms. The van der Waals surface area contributed by atoms with Gasteiger partial charge in [0.15, 0.2) is 5.82 Å². The number of aliphatic hydroxyl groups is 1. The van der Waals surface area contributed by atoms with Gasteiger partial charge in [0, 0.05) is 13.0 Å². The van der Waals surface area contributed by atoms with Crippen LogP contribution < -0.4 is 0 Å². The zero-order chi connectivity index (χ0) is 10.8. The number of aromatic nitrogens is 3. The van der Waals surface area contributed by atoms with E-state index in [1.165, 1.54) is 7.11 Å². The van der Waals surface area contributed by atoms with Gasteiger partial charge in [0.1, 0.15) is 12.4 Å². The third kappa shape index (κ3) is 1.72. The summed E-state index contributed by atoms with van der Waals surface area (Å²) in [4.78, 5) is 11.3. The topological polar surface area (TPSA) is 77.2 Å². The molecule has 1 aromatic heterocycles. The Kier molecular flexibility index (Phi) is 2.68. The zero-order valence-corrected chi connectivity index (χ0v) is 8.51. The molecule has 0 saturated carbocycles. The number of aliphatic hydroxyl groups excluding tert-OH is 1. The number of hydrogen-bond donors (Lipinski definition) is 1. The maximum atomic E-state index is 11.3. The molecule has 2 rings (SSSR count). The molecule has 0 fully saturated rings. The number of esters is 1. The van der Waals surface area contributed by atoms with Crippen molar-refractivity contribution < 1.29 is 14.6 Å². The predicted molar refractivity (Wildman–Crippen MR) is 49.8 cm³/mol. The standard InChI is InChI=1S/C9H13N3O3/c1-15-9(14)6-2-3-12-7(4-6)10-11-8(12)5-13/h6,13H,2-5H2,1H3. The molecular weight excluding hydrogens is 198 g/mol. The van der Waals surface area contributed by atoms with E-state index >= 15 is 0 Å². The summed E-state index contributed by atoms with van der Waals surface area (Å²) in [5, 5.41) is 16.8. The molecule has 1 atom stereocenters. The minimum Gasteiger partial charge on any atom is -0.469 e. The highest BCUT2D eigenvalue weighted by molar-refractivity contribution is 5.72. The molecule has 0 aromatic carbocycles. The molecule has 2 heterocycles. The highest BCUT2D eigenvalue weighted by atomic mass is 16.5. The molecule has 0 spiro atoms. The first-order valence-corrected chi connectivity index (χ1v) is 4.86. The van der Waals surface area contributed by atoms with Crippen molar-refractivity contribution in [1.82, 2.24) is 14.8 Å². The highest BCUT2D eigenvalue weighted by Gasteiger charge is 2.28. The third-order valence-corrected chi connectivity index (χ3v) is 2.71. The second kappa shape index (κ2) is 3.98. The number of carbonyl (C=O) groups is 1. The van der Waals surface area contributed by atoms with Crippen molar-refractivity contribution in [3.8, 4) is 0 Å². The lowest BCUT2D eigenvalue weighted by molar-refractivity contribution is -0.146. The van der Waals surface area contributed by atoms with Crippen LogP contribution in [0.25, 0.3) is 0 Å². The molecule has 0 radical (unpaired) electrons. The summed E-state index contributed by atoms with van der Waals surface area (Å²) in [7, 11) is 1.39.